The summed E-state index contributed by atoms with van der Waals surface area (Å²) in [6.07, 6.45) is -1.41. The highest BCUT2D eigenvalue weighted by atomic mass is 28.4. The van der Waals surface area contributed by atoms with Crippen LogP contribution in [0, 0.1) is 11.8 Å². The van der Waals surface area contributed by atoms with Crippen molar-refractivity contribution in [3.63, 3.8) is 0 Å². The number of aliphatic hydroxyl groups is 1. The van der Waals surface area contributed by atoms with Gasteiger partial charge in [-0.05, 0) is 45.5 Å². The average Bonchev–Trinajstić information content (AvgIpc) is 3.02. The lowest BCUT2D eigenvalue weighted by Crippen LogP contribution is -2.77. The Hall–Kier alpha value is -2.16. The predicted octanol–water partition coefficient (Wildman–Crippen LogP) is 5.85. The zero-order valence-electron chi connectivity index (χ0n) is 30.4. The molecular weight excluding hydrogens is 639 g/mol. The maximum Gasteiger partial charge on any atom is 0.267 e. The number of fused-ring (bicyclic) bond motifs is 4. The number of piperidine rings is 1. The minimum atomic E-state index is -3.16. The van der Waals surface area contributed by atoms with Crippen LogP contribution >= 0.6 is 0 Å². The zero-order chi connectivity index (χ0) is 35.1. The highest BCUT2D eigenvalue weighted by Crippen LogP contribution is 2.48. The third kappa shape index (κ3) is 7.05. The Morgan fingerprint density at radius 2 is 1.56 bits per heavy atom. The maximum absolute atomic E-state index is 13.4. The zero-order valence-corrected chi connectivity index (χ0v) is 32.4. The van der Waals surface area contributed by atoms with E-state index >= 15 is 0 Å². The summed E-state index contributed by atoms with van der Waals surface area (Å²) in [5.41, 5.74) is 0.837. The largest absolute Gasteiger partial charge is 0.413 e. The third-order valence-corrected chi connectivity index (χ3v) is 20.7. The molecule has 10 heteroatoms. The van der Waals surface area contributed by atoms with Gasteiger partial charge in [-0.1, -0.05) is 116 Å². The van der Waals surface area contributed by atoms with Crippen LogP contribution in [0.2, 0.25) is 23.2 Å². The number of aliphatic hydroxyl groups excluding tert-OH is 1. The van der Waals surface area contributed by atoms with Crippen LogP contribution in [0.3, 0.4) is 0 Å². The molecule has 3 saturated heterocycles. The van der Waals surface area contributed by atoms with Gasteiger partial charge in [0.2, 0.25) is 11.8 Å². The Labute approximate surface area is 289 Å². The smallest absolute Gasteiger partial charge is 0.267 e. The van der Waals surface area contributed by atoms with E-state index in [0.29, 0.717) is 19.4 Å². The van der Waals surface area contributed by atoms with E-state index in [1.165, 1.54) is 0 Å². The van der Waals surface area contributed by atoms with Gasteiger partial charge in [-0.3, -0.25) is 4.79 Å². The van der Waals surface area contributed by atoms with Gasteiger partial charge < -0.3 is 33.5 Å². The van der Waals surface area contributed by atoms with E-state index in [2.05, 4.69) is 90.8 Å². The Morgan fingerprint density at radius 1 is 0.979 bits per heavy atom. The van der Waals surface area contributed by atoms with Crippen molar-refractivity contribution in [3.8, 4) is 0 Å². The van der Waals surface area contributed by atoms with Crippen LogP contribution in [-0.4, -0.2) is 71.4 Å². The van der Waals surface area contributed by atoms with Gasteiger partial charge in [-0.15, -0.1) is 0 Å². The number of nitrogens with one attached hydrogen (secondary N) is 1. The van der Waals surface area contributed by atoms with Gasteiger partial charge in [0, 0.05) is 24.7 Å². The lowest BCUT2D eigenvalue weighted by Gasteiger charge is -2.58. The maximum atomic E-state index is 13.4. The van der Waals surface area contributed by atoms with E-state index in [9.17, 15) is 9.90 Å². The van der Waals surface area contributed by atoms with Gasteiger partial charge in [0.1, 0.15) is 19.0 Å². The Morgan fingerprint density at radius 3 is 2.08 bits per heavy atom. The van der Waals surface area contributed by atoms with E-state index in [-0.39, 0.29) is 41.0 Å². The number of hydrogen-bond acceptors (Lipinski definition) is 7. The molecule has 2 aromatic rings. The van der Waals surface area contributed by atoms with Crippen LogP contribution in [0.25, 0.3) is 0 Å². The summed E-state index contributed by atoms with van der Waals surface area (Å²) < 4.78 is 33.4. The second kappa shape index (κ2) is 13.9. The molecule has 8 nitrogen and oxygen atoms in total. The number of benzene rings is 2. The third-order valence-electron chi connectivity index (χ3n) is 11.1. The van der Waals surface area contributed by atoms with E-state index in [1.54, 1.807) is 0 Å². The number of rotatable bonds is 11. The van der Waals surface area contributed by atoms with Crippen molar-refractivity contribution >= 4 is 32.9 Å². The van der Waals surface area contributed by atoms with Crippen LogP contribution in [0.15, 0.2) is 72.8 Å². The summed E-state index contributed by atoms with van der Waals surface area (Å²) >= 11 is 0. The fraction of sp³-hybridized carbons (Fsp3) is 0.605. The molecule has 2 aromatic carbocycles. The molecule has 5 rings (SSSR count). The summed E-state index contributed by atoms with van der Waals surface area (Å²) in [6.45, 7) is 24.5. The van der Waals surface area contributed by atoms with Crippen LogP contribution in [-0.2, 0) is 27.9 Å². The molecule has 0 saturated carbocycles. The Kier molecular flexibility index (Phi) is 10.7. The molecule has 3 aliphatic heterocycles. The SMILES string of the molecule is C=C(CO[Si](C)(C)C(C)(C)C)[C@H](CC)[C@H](O)[C@H]1OCO[C@H]2[C@H]3CC(=O)N[C@@](O[Si](c4ccccc4)(c4ccccc4)C(C)(C)C)(C3)O[C@@H]12. The van der Waals surface area contributed by atoms with Crippen molar-refractivity contribution in [2.75, 3.05) is 13.4 Å². The van der Waals surface area contributed by atoms with Crippen molar-refractivity contribution < 1.29 is 33.0 Å². The Bertz CT molecular complexity index is 1380. The topological polar surface area (TPSA) is 95.5 Å². The first-order chi connectivity index (χ1) is 22.4. The molecule has 3 fully saturated rings. The van der Waals surface area contributed by atoms with Crippen molar-refractivity contribution in [1.82, 2.24) is 5.32 Å². The summed E-state index contributed by atoms with van der Waals surface area (Å²) in [5.74, 6) is -2.05. The molecule has 7 atom stereocenters. The predicted molar refractivity (Wildman–Crippen MR) is 194 cm³/mol. The molecule has 3 aliphatic rings. The van der Waals surface area contributed by atoms with E-state index in [1.807, 2.05) is 43.3 Å². The summed E-state index contributed by atoms with van der Waals surface area (Å²) in [5, 5.41) is 17.1. The fourth-order valence-electron chi connectivity index (χ4n) is 7.49. The Balaban J connectivity index is 1.50. The summed E-state index contributed by atoms with van der Waals surface area (Å²) in [7, 11) is -5.19. The highest BCUT2D eigenvalue weighted by molar-refractivity contribution is 6.99. The molecule has 2 N–H and O–H groups in total. The molecular formula is C38H57NO7Si2. The standard InChI is InChI=1S/C38H57NO7Si2/c1-11-30(26(2)24-44-47(9,10)36(3,4)5)32(41)34-35-33(42-25-43-34)27-22-31(40)39-38(23-27,45-35)46-48(37(6,7)8,28-18-14-12-15-19-28)29-20-16-13-17-21-29/h12-21,27,30,32-35,41H,2,11,22-25H2,1,3-10H3,(H,39,40)/t27-,30-,32-,33-,34+,35+,38-/m0/s1. The van der Waals surface area contributed by atoms with Gasteiger partial charge in [0.05, 0.1) is 18.8 Å². The second-order valence-corrected chi connectivity index (χ2v) is 25.4. The first-order valence-corrected chi connectivity index (χ1v) is 22.3. The molecule has 48 heavy (non-hydrogen) atoms. The van der Waals surface area contributed by atoms with Crippen molar-refractivity contribution in [1.29, 1.82) is 0 Å². The van der Waals surface area contributed by atoms with Crippen molar-refractivity contribution in [2.24, 2.45) is 11.8 Å². The first kappa shape index (κ1) is 37.1. The molecule has 264 valence electrons. The lowest BCUT2D eigenvalue weighted by molar-refractivity contribution is -0.367. The molecule has 0 spiro atoms. The molecule has 0 aromatic heterocycles. The normalized spacial score (nSPS) is 27.8. The quantitative estimate of drug-likeness (QED) is 0.225. The van der Waals surface area contributed by atoms with Gasteiger partial charge in [0.25, 0.3) is 8.32 Å². The first-order valence-electron chi connectivity index (χ1n) is 17.5. The summed E-state index contributed by atoms with van der Waals surface area (Å²) in [4.78, 5) is 13.4. The van der Waals surface area contributed by atoms with Crippen LogP contribution in [0.5, 0.6) is 0 Å². The van der Waals surface area contributed by atoms with Crippen LogP contribution < -0.4 is 15.7 Å². The lowest BCUT2D eigenvalue weighted by atomic mass is 9.78. The molecule has 2 bridgehead atoms. The molecule has 1 amide bonds. The fourth-order valence-corrected chi connectivity index (χ4v) is 13.1. The van der Waals surface area contributed by atoms with Gasteiger partial charge in [-0.2, -0.15) is 0 Å². The van der Waals surface area contributed by atoms with Gasteiger partial charge >= 0.3 is 0 Å². The van der Waals surface area contributed by atoms with E-state index in [0.717, 1.165) is 15.9 Å². The number of carbonyl (C=O) groups excluding carboxylic acids is 1. The molecule has 0 radical (unpaired) electrons. The van der Waals surface area contributed by atoms with Crippen LogP contribution in [0.4, 0.5) is 0 Å². The average molecular weight is 696 g/mol. The van der Waals surface area contributed by atoms with Crippen molar-refractivity contribution in [3.05, 3.63) is 72.8 Å². The number of ether oxygens (including phenoxy) is 3. The monoisotopic (exact) mass is 695 g/mol. The van der Waals surface area contributed by atoms with Crippen molar-refractivity contribution in [2.45, 2.75) is 121 Å². The molecule has 3 heterocycles. The molecule has 0 unspecified atom stereocenters. The summed E-state index contributed by atoms with van der Waals surface area (Å²) in [6, 6.07) is 20.6. The van der Waals surface area contributed by atoms with Gasteiger partial charge in [0.15, 0.2) is 8.32 Å². The molecule has 0 aliphatic carbocycles. The highest BCUT2D eigenvalue weighted by Gasteiger charge is 2.63. The van der Waals surface area contributed by atoms with E-state index in [4.69, 9.17) is 23.1 Å². The van der Waals surface area contributed by atoms with Crippen LogP contribution in [0.1, 0.15) is 67.7 Å². The van der Waals surface area contributed by atoms with E-state index < -0.39 is 47.0 Å². The minimum Gasteiger partial charge on any atom is -0.413 e. The number of hydrogen-bond donors (Lipinski definition) is 2. The number of carbonyl (C=O) groups is 1. The second-order valence-electron chi connectivity index (χ2n) is 16.4. The van der Waals surface area contributed by atoms with Gasteiger partial charge in [-0.25, -0.2) is 0 Å². The minimum absolute atomic E-state index is 0.0102. The number of amides is 1.